The average molecular weight is 592 g/mol. The van der Waals surface area contributed by atoms with E-state index in [2.05, 4.69) is 26.2 Å². The largest absolute Gasteiger partial charge is 0.465 e. The number of alkyl halides is 3. The third-order valence-corrected chi connectivity index (χ3v) is 8.44. The molecule has 0 bridgehead atoms. The number of halogens is 4. The van der Waals surface area contributed by atoms with Gasteiger partial charge in [0.15, 0.2) is 0 Å². The number of hydrogen-bond acceptors (Lipinski definition) is 5. The Balaban J connectivity index is 1.77. The van der Waals surface area contributed by atoms with Crippen molar-refractivity contribution >= 4 is 32.9 Å². The fourth-order valence-electron chi connectivity index (χ4n) is 6.18. The van der Waals surface area contributed by atoms with Gasteiger partial charge in [-0.15, -0.1) is 0 Å². The standard InChI is InChI=1S/C28H31BrF3N4O2/c1-38-27(37)24-22(17-36(12-3-2-4-13-36)21-8-10-33-11-9-21)25(35-23-15-20(29)16-34-26(23)24)18-6-5-7-19(14-18)28(30,31)32/h5-7,14-16,21,33H,2-4,8-13,17H2,1H3/q+1. The zero-order valence-corrected chi connectivity index (χ0v) is 22.9. The first-order chi connectivity index (χ1) is 18.2. The van der Waals surface area contributed by atoms with Crippen LogP contribution in [0.15, 0.2) is 41.0 Å². The van der Waals surface area contributed by atoms with E-state index in [0.717, 1.165) is 74.9 Å². The van der Waals surface area contributed by atoms with Crippen molar-refractivity contribution < 1.29 is 27.2 Å². The van der Waals surface area contributed by atoms with Gasteiger partial charge in [-0.2, -0.15) is 13.2 Å². The quantitative estimate of drug-likeness (QED) is 0.286. The van der Waals surface area contributed by atoms with Crippen LogP contribution in [0.5, 0.6) is 0 Å². The third-order valence-electron chi connectivity index (χ3n) is 8.01. The Labute approximate surface area is 228 Å². The SMILES string of the molecule is COC(=O)c1c(C[N+]2(C3CCNCC3)CCCCC2)c(-c2cccc(C(F)(F)F)c2)nc2cc(Br)cnc12. The number of aromatic nitrogens is 2. The number of esters is 1. The fourth-order valence-corrected chi connectivity index (χ4v) is 6.50. The summed E-state index contributed by atoms with van der Waals surface area (Å²) in [4.78, 5) is 22.7. The zero-order valence-electron chi connectivity index (χ0n) is 21.3. The first kappa shape index (κ1) is 27.0. The molecule has 0 radical (unpaired) electrons. The van der Waals surface area contributed by atoms with Gasteiger partial charge in [-0.05, 0) is 53.4 Å². The summed E-state index contributed by atoms with van der Waals surface area (Å²) in [6.45, 7) is 4.26. The number of fused-ring (bicyclic) bond motifs is 1. The summed E-state index contributed by atoms with van der Waals surface area (Å²) in [5.41, 5.74) is 1.65. The van der Waals surface area contributed by atoms with Gasteiger partial charge in [0.2, 0.25) is 0 Å². The molecule has 0 aliphatic carbocycles. The molecule has 0 unspecified atom stereocenters. The molecule has 5 rings (SSSR count). The second-order valence-electron chi connectivity index (χ2n) is 10.3. The zero-order chi connectivity index (χ0) is 26.9. The molecule has 2 fully saturated rings. The van der Waals surface area contributed by atoms with Crippen molar-refractivity contribution in [3.63, 3.8) is 0 Å². The number of methoxy groups -OCH3 is 1. The van der Waals surface area contributed by atoms with Crippen LogP contribution < -0.4 is 5.32 Å². The van der Waals surface area contributed by atoms with Gasteiger partial charge in [0.25, 0.3) is 0 Å². The number of pyridine rings is 2. The van der Waals surface area contributed by atoms with Gasteiger partial charge in [0.05, 0.1) is 48.6 Å². The Morgan fingerprint density at radius 1 is 1.16 bits per heavy atom. The van der Waals surface area contributed by atoms with Crippen LogP contribution in [0.4, 0.5) is 13.2 Å². The number of carbonyl (C=O) groups excluding carboxylic acids is 1. The number of rotatable bonds is 5. The first-order valence-electron chi connectivity index (χ1n) is 13.0. The molecular weight excluding hydrogens is 561 g/mol. The number of nitrogens with one attached hydrogen (secondary N) is 1. The summed E-state index contributed by atoms with van der Waals surface area (Å²) in [7, 11) is 1.32. The van der Waals surface area contributed by atoms with E-state index < -0.39 is 17.7 Å². The molecule has 10 heteroatoms. The smallest absolute Gasteiger partial charge is 0.416 e. The van der Waals surface area contributed by atoms with Gasteiger partial charge >= 0.3 is 12.1 Å². The number of hydrogen-bond donors (Lipinski definition) is 1. The van der Waals surface area contributed by atoms with Crippen LogP contribution in [0.3, 0.4) is 0 Å². The lowest BCUT2D eigenvalue weighted by Gasteiger charge is -2.49. The van der Waals surface area contributed by atoms with Gasteiger partial charge in [-0.3, -0.25) is 4.98 Å². The third kappa shape index (κ3) is 5.31. The van der Waals surface area contributed by atoms with E-state index in [-0.39, 0.29) is 5.56 Å². The average Bonchev–Trinajstić information content (AvgIpc) is 2.93. The van der Waals surface area contributed by atoms with Gasteiger partial charge < -0.3 is 14.5 Å². The van der Waals surface area contributed by atoms with Crippen molar-refractivity contribution in [1.29, 1.82) is 0 Å². The molecule has 6 nitrogen and oxygen atoms in total. The van der Waals surface area contributed by atoms with E-state index in [1.807, 2.05) is 0 Å². The Kier molecular flexibility index (Phi) is 7.75. The lowest BCUT2D eigenvalue weighted by Crippen LogP contribution is -2.60. The van der Waals surface area contributed by atoms with Crippen LogP contribution in [-0.4, -0.2) is 59.8 Å². The Morgan fingerprint density at radius 3 is 2.58 bits per heavy atom. The highest BCUT2D eigenvalue weighted by Crippen LogP contribution is 2.39. The minimum Gasteiger partial charge on any atom is -0.465 e. The summed E-state index contributed by atoms with van der Waals surface area (Å²) in [5.74, 6) is -0.559. The summed E-state index contributed by atoms with van der Waals surface area (Å²) >= 11 is 3.41. The summed E-state index contributed by atoms with van der Waals surface area (Å²) in [5, 5.41) is 3.44. The molecule has 1 N–H and O–H groups in total. The lowest BCUT2D eigenvalue weighted by atomic mass is 9.91. The van der Waals surface area contributed by atoms with E-state index in [1.165, 1.54) is 13.2 Å². The number of piperidine rings is 2. The minimum atomic E-state index is -4.50. The van der Waals surface area contributed by atoms with Crippen LogP contribution in [0, 0.1) is 0 Å². The first-order valence-corrected chi connectivity index (χ1v) is 13.8. The number of ether oxygens (including phenoxy) is 1. The van der Waals surface area contributed by atoms with Crippen LogP contribution in [0.25, 0.3) is 22.3 Å². The lowest BCUT2D eigenvalue weighted by molar-refractivity contribution is -0.968. The second-order valence-corrected chi connectivity index (χ2v) is 11.2. The number of likely N-dealkylation sites (tertiary alicyclic amines) is 1. The molecule has 0 spiro atoms. The minimum absolute atomic E-state index is 0.286. The highest BCUT2D eigenvalue weighted by Gasteiger charge is 2.41. The van der Waals surface area contributed by atoms with Crippen molar-refractivity contribution in [1.82, 2.24) is 15.3 Å². The van der Waals surface area contributed by atoms with E-state index in [1.54, 1.807) is 18.3 Å². The van der Waals surface area contributed by atoms with Crippen LogP contribution in [-0.2, 0) is 17.5 Å². The molecule has 2 aliphatic heterocycles. The fraction of sp³-hybridized carbons (Fsp3) is 0.464. The number of quaternary nitrogens is 1. The molecule has 0 saturated carbocycles. The van der Waals surface area contributed by atoms with Gasteiger partial charge in [0.1, 0.15) is 12.1 Å². The van der Waals surface area contributed by atoms with Crippen LogP contribution in [0.2, 0.25) is 0 Å². The monoisotopic (exact) mass is 591 g/mol. The maximum absolute atomic E-state index is 13.7. The molecule has 4 heterocycles. The molecule has 0 atom stereocenters. The van der Waals surface area contributed by atoms with Gasteiger partial charge in [-0.1, -0.05) is 12.1 Å². The molecule has 2 saturated heterocycles. The molecule has 0 amide bonds. The highest BCUT2D eigenvalue weighted by atomic mass is 79.9. The highest BCUT2D eigenvalue weighted by molar-refractivity contribution is 9.10. The predicted molar refractivity (Wildman–Crippen MR) is 142 cm³/mol. The van der Waals surface area contributed by atoms with E-state index in [9.17, 15) is 18.0 Å². The van der Waals surface area contributed by atoms with Crippen LogP contribution in [0.1, 0.15) is 53.6 Å². The molecule has 3 aromatic rings. The van der Waals surface area contributed by atoms with Crippen molar-refractivity contribution in [3.8, 4) is 11.3 Å². The van der Waals surface area contributed by atoms with Crippen molar-refractivity contribution in [2.75, 3.05) is 33.3 Å². The van der Waals surface area contributed by atoms with Crippen molar-refractivity contribution in [2.45, 2.75) is 50.9 Å². The summed E-state index contributed by atoms with van der Waals surface area (Å²) in [6.07, 6.45) is 2.42. The summed E-state index contributed by atoms with van der Waals surface area (Å²) < 4.78 is 47.8. The molecular formula is C28H31BrF3N4O2+. The Bertz CT molecular complexity index is 1340. The number of benzene rings is 1. The van der Waals surface area contributed by atoms with E-state index in [4.69, 9.17) is 9.72 Å². The topological polar surface area (TPSA) is 64.1 Å². The van der Waals surface area contributed by atoms with E-state index >= 15 is 0 Å². The molecule has 2 aromatic heterocycles. The van der Waals surface area contributed by atoms with Gasteiger partial charge in [0, 0.05) is 47.7 Å². The number of carbonyl (C=O) groups is 1. The molecule has 1 aromatic carbocycles. The second kappa shape index (κ2) is 10.9. The van der Waals surface area contributed by atoms with Crippen molar-refractivity contribution in [2.24, 2.45) is 0 Å². The predicted octanol–water partition coefficient (Wildman–Crippen LogP) is 6.12. The Morgan fingerprint density at radius 2 is 1.89 bits per heavy atom. The van der Waals surface area contributed by atoms with E-state index in [0.29, 0.717) is 44.9 Å². The maximum atomic E-state index is 13.7. The van der Waals surface area contributed by atoms with Gasteiger partial charge in [-0.25, -0.2) is 9.78 Å². The molecule has 202 valence electrons. The molecule has 2 aliphatic rings. The number of nitrogens with zero attached hydrogens (tertiary/aromatic N) is 3. The summed E-state index contributed by atoms with van der Waals surface area (Å²) in [6, 6.07) is 7.32. The normalized spacial score (nSPS) is 18.4. The molecule has 38 heavy (non-hydrogen) atoms. The maximum Gasteiger partial charge on any atom is 0.416 e. The van der Waals surface area contributed by atoms with Crippen molar-refractivity contribution in [3.05, 3.63) is 57.7 Å². The Hall–Kier alpha value is -2.56. The van der Waals surface area contributed by atoms with Crippen LogP contribution >= 0.6 is 15.9 Å².